The predicted molar refractivity (Wildman–Crippen MR) is 288 cm³/mol. The Labute approximate surface area is 395 Å². The third kappa shape index (κ3) is 6.82. The van der Waals surface area contributed by atoms with Crippen molar-refractivity contribution < 1.29 is 4.42 Å². The highest BCUT2D eigenvalue weighted by molar-refractivity contribution is 6.22. The number of fused-ring (bicyclic) bond motifs is 7. The zero-order chi connectivity index (χ0) is 45.0. The van der Waals surface area contributed by atoms with Crippen LogP contribution in [0.2, 0.25) is 0 Å². The van der Waals surface area contributed by atoms with E-state index in [-0.39, 0.29) is 0 Å². The number of hydrogen-bond acceptors (Lipinski definition) is 2. The first-order valence-corrected chi connectivity index (χ1v) is 23.3. The molecule has 0 atom stereocenters. The highest BCUT2D eigenvalue weighted by Gasteiger charge is 2.20. The largest absolute Gasteiger partial charge is 0.455 e. The van der Waals surface area contributed by atoms with E-state index in [1.54, 1.807) is 0 Å². The molecule has 0 unspecified atom stereocenters. The highest BCUT2D eigenvalue weighted by Crippen LogP contribution is 2.46. The number of nitrogens with zero attached hydrogens (tertiary/aromatic N) is 1. The van der Waals surface area contributed by atoms with Gasteiger partial charge in [0.05, 0.1) is 0 Å². The molecule has 318 valence electrons. The SMILES string of the molecule is c1ccc(-c2ccc3cc(N(c4ccc(-c5ccc6c(c5)c(-c5ccccc5)c(-c5ccccc5)c5ccccc56)cc4)c4ccc(-c5cccc6c5oc5ccccc56)cc4)ccc3c2)cc1. The van der Waals surface area contributed by atoms with Gasteiger partial charge < -0.3 is 9.32 Å². The van der Waals surface area contributed by atoms with Crippen molar-refractivity contribution in [3.8, 4) is 55.6 Å². The Morgan fingerprint density at radius 3 is 1.43 bits per heavy atom. The monoisotopic (exact) mass is 865 g/mol. The standard InChI is InChI=1S/C66H43NO/c1-4-15-44(16-5-1)49-27-28-51-42-55(39-33-50(51)41-49)67(54-37-31-46(32-38-54)56-24-14-25-61-59-22-12-13-26-63(59)68-66(56)61)53-35-29-45(30-36-53)52-34-40-58-57-21-10-11-23-60(57)64(47-17-6-2-7-18-47)65(62(58)43-52)48-19-8-3-9-20-48/h1-43H. The van der Waals surface area contributed by atoms with Crippen molar-refractivity contribution in [3.05, 3.63) is 261 Å². The summed E-state index contributed by atoms with van der Waals surface area (Å²) in [6.45, 7) is 0. The van der Waals surface area contributed by atoms with E-state index in [0.717, 1.165) is 55.7 Å². The van der Waals surface area contributed by atoms with E-state index in [0.29, 0.717) is 0 Å². The lowest BCUT2D eigenvalue weighted by Crippen LogP contribution is -2.09. The van der Waals surface area contributed by atoms with Crippen molar-refractivity contribution in [2.45, 2.75) is 0 Å². The number of para-hydroxylation sites is 2. The summed E-state index contributed by atoms with van der Waals surface area (Å²) < 4.78 is 6.47. The van der Waals surface area contributed by atoms with E-state index in [4.69, 9.17) is 4.42 Å². The maximum Gasteiger partial charge on any atom is 0.143 e. The molecule has 0 saturated heterocycles. The molecule has 0 fully saturated rings. The summed E-state index contributed by atoms with van der Waals surface area (Å²) in [4.78, 5) is 2.37. The molecule has 12 aromatic carbocycles. The van der Waals surface area contributed by atoms with E-state index in [2.05, 4.69) is 254 Å². The number of benzene rings is 12. The number of rotatable bonds is 8. The molecule has 0 aliphatic rings. The maximum absolute atomic E-state index is 6.47. The Balaban J connectivity index is 0.932. The summed E-state index contributed by atoms with van der Waals surface area (Å²) in [5, 5.41) is 9.65. The molecule has 13 rings (SSSR count). The summed E-state index contributed by atoms with van der Waals surface area (Å²) in [7, 11) is 0. The van der Waals surface area contributed by atoms with Gasteiger partial charge >= 0.3 is 0 Å². The highest BCUT2D eigenvalue weighted by atomic mass is 16.3. The molecule has 0 aliphatic carbocycles. The molecule has 13 aromatic rings. The third-order valence-corrected chi connectivity index (χ3v) is 13.6. The zero-order valence-electron chi connectivity index (χ0n) is 37.2. The molecule has 0 N–H and O–H groups in total. The van der Waals surface area contributed by atoms with E-state index in [9.17, 15) is 0 Å². The van der Waals surface area contributed by atoms with Gasteiger partial charge in [-0.2, -0.15) is 0 Å². The fourth-order valence-electron chi connectivity index (χ4n) is 10.4. The minimum atomic E-state index is 0.902. The summed E-state index contributed by atoms with van der Waals surface area (Å²) >= 11 is 0. The lowest BCUT2D eigenvalue weighted by atomic mass is 9.84. The topological polar surface area (TPSA) is 16.4 Å². The van der Waals surface area contributed by atoms with Gasteiger partial charge in [-0.25, -0.2) is 0 Å². The smallest absolute Gasteiger partial charge is 0.143 e. The summed E-state index contributed by atoms with van der Waals surface area (Å²) in [5.74, 6) is 0. The molecular weight excluding hydrogens is 823 g/mol. The minimum absolute atomic E-state index is 0.902. The molecule has 1 heterocycles. The summed E-state index contributed by atoms with van der Waals surface area (Å²) in [6.07, 6.45) is 0. The lowest BCUT2D eigenvalue weighted by Gasteiger charge is -2.26. The van der Waals surface area contributed by atoms with Crippen molar-refractivity contribution in [1.82, 2.24) is 0 Å². The molecule has 0 aliphatic heterocycles. The van der Waals surface area contributed by atoms with E-state index >= 15 is 0 Å². The van der Waals surface area contributed by atoms with Crippen molar-refractivity contribution in [3.63, 3.8) is 0 Å². The van der Waals surface area contributed by atoms with Gasteiger partial charge in [-0.1, -0.05) is 206 Å². The van der Waals surface area contributed by atoms with E-state index in [1.807, 2.05) is 12.1 Å². The number of furan rings is 1. The molecule has 1 aromatic heterocycles. The van der Waals surface area contributed by atoms with Crippen LogP contribution in [0.15, 0.2) is 265 Å². The normalized spacial score (nSPS) is 11.5. The lowest BCUT2D eigenvalue weighted by molar-refractivity contribution is 0.670. The molecule has 0 amide bonds. The van der Waals surface area contributed by atoms with E-state index < -0.39 is 0 Å². The first kappa shape index (κ1) is 39.4. The Bertz CT molecular complexity index is 3990. The second-order valence-electron chi connectivity index (χ2n) is 17.6. The van der Waals surface area contributed by atoms with Gasteiger partial charge in [-0.15, -0.1) is 0 Å². The summed E-state index contributed by atoms with van der Waals surface area (Å²) in [6, 6.07) is 94.4. The van der Waals surface area contributed by atoms with Crippen LogP contribution in [0.4, 0.5) is 17.1 Å². The maximum atomic E-state index is 6.47. The predicted octanol–water partition coefficient (Wildman–Crippen LogP) is 18.9. The fourth-order valence-corrected chi connectivity index (χ4v) is 10.4. The van der Waals surface area contributed by atoms with Crippen LogP contribution < -0.4 is 4.90 Å². The Morgan fingerprint density at radius 2 is 0.721 bits per heavy atom. The van der Waals surface area contributed by atoms with Crippen LogP contribution in [-0.4, -0.2) is 0 Å². The van der Waals surface area contributed by atoms with Gasteiger partial charge in [-0.3, -0.25) is 0 Å². The summed E-state index contributed by atoms with van der Waals surface area (Å²) in [5.41, 5.74) is 16.9. The van der Waals surface area contributed by atoms with Crippen LogP contribution in [0.1, 0.15) is 0 Å². The van der Waals surface area contributed by atoms with Gasteiger partial charge in [0, 0.05) is 33.4 Å². The van der Waals surface area contributed by atoms with Crippen LogP contribution in [0.3, 0.4) is 0 Å². The van der Waals surface area contributed by atoms with Gasteiger partial charge in [0.15, 0.2) is 0 Å². The van der Waals surface area contributed by atoms with Crippen molar-refractivity contribution in [2.24, 2.45) is 0 Å². The van der Waals surface area contributed by atoms with Crippen LogP contribution in [0.5, 0.6) is 0 Å². The van der Waals surface area contributed by atoms with Crippen LogP contribution >= 0.6 is 0 Å². The molecule has 0 bridgehead atoms. The average Bonchev–Trinajstić information content (AvgIpc) is 3.80. The van der Waals surface area contributed by atoms with Gasteiger partial charge in [0.1, 0.15) is 11.2 Å². The van der Waals surface area contributed by atoms with Gasteiger partial charge in [-0.05, 0) is 137 Å². The first-order valence-electron chi connectivity index (χ1n) is 23.3. The molecule has 0 saturated carbocycles. The second kappa shape index (κ2) is 16.5. The third-order valence-electron chi connectivity index (χ3n) is 13.6. The molecule has 0 spiro atoms. The molecule has 2 heteroatoms. The first-order chi connectivity index (χ1) is 33.7. The molecular formula is C66H43NO. The zero-order valence-corrected chi connectivity index (χ0v) is 37.2. The van der Waals surface area contributed by atoms with Crippen molar-refractivity contribution >= 4 is 71.3 Å². The Hall–Kier alpha value is -8.98. The quantitative estimate of drug-likeness (QED) is 0.142. The van der Waals surface area contributed by atoms with Gasteiger partial charge in [0.25, 0.3) is 0 Å². The van der Waals surface area contributed by atoms with Crippen LogP contribution in [-0.2, 0) is 0 Å². The minimum Gasteiger partial charge on any atom is -0.455 e. The van der Waals surface area contributed by atoms with Crippen molar-refractivity contribution in [2.75, 3.05) is 4.90 Å². The average molecular weight is 866 g/mol. The van der Waals surface area contributed by atoms with Gasteiger partial charge in [0.2, 0.25) is 0 Å². The second-order valence-corrected chi connectivity index (χ2v) is 17.6. The fraction of sp³-hybridized carbons (Fsp3) is 0. The Kier molecular flexibility index (Phi) is 9.54. The van der Waals surface area contributed by atoms with Crippen molar-refractivity contribution in [1.29, 1.82) is 0 Å². The number of hydrogen-bond donors (Lipinski definition) is 0. The van der Waals surface area contributed by atoms with Crippen LogP contribution in [0.25, 0.3) is 110 Å². The Morgan fingerprint density at radius 1 is 0.250 bits per heavy atom. The van der Waals surface area contributed by atoms with E-state index in [1.165, 1.54) is 71.3 Å². The number of anilines is 3. The molecule has 0 radical (unpaired) electrons. The van der Waals surface area contributed by atoms with Crippen LogP contribution in [0, 0.1) is 0 Å². The molecule has 68 heavy (non-hydrogen) atoms. The molecule has 2 nitrogen and oxygen atoms in total.